The molecule has 0 amide bonds. The molecule has 0 aromatic heterocycles. The van der Waals surface area contributed by atoms with Crippen molar-refractivity contribution in [1.82, 2.24) is 10.6 Å². The Morgan fingerprint density at radius 1 is 0.800 bits per heavy atom. The first-order chi connectivity index (χ1) is 15.4. The topological polar surface area (TPSA) is 90.4 Å². The lowest BCUT2D eigenvalue weighted by atomic mass is 9.67. The highest BCUT2D eigenvalue weighted by molar-refractivity contribution is 14.1. The number of aliphatic hydroxyl groups is 1. The average molecular weight is 652 g/mol. The molecule has 0 aromatic rings. The van der Waals surface area contributed by atoms with E-state index in [-0.39, 0.29) is 0 Å². The molecule has 1 unspecified atom stereocenters. The van der Waals surface area contributed by atoms with Gasteiger partial charge in [-0.05, 0) is 32.6 Å². The van der Waals surface area contributed by atoms with Crippen molar-refractivity contribution in [2.75, 3.05) is 0 Å². The molecule has 35 heavy (non-hydrogen) atoms. The summed E-state index contributed by atoms with van der Waals surface area (Å²) < 4.78 is 165. The summed E-state index contributed by atoms with van der Waals surface area (Å²) in [7, 11) is 0. The van der Waals surface area contributed by atoms with Crippen molar-refractivity contribution in [2.24, 2.45) is 11.8 Å². The molecule has 5 nitrogen and oxygen atoms in total. The van der Waals surface area contributed by atoms with Gasteiger partial charge in [0.25, 0.3) is 5.60 Å². The molecule has 3 N–H and O–H groups in total. The zero-order chi connectivity index (χ0) is 27.3. The summed E-state index contributed by atoms with van der Waals surface area (Å²) in [6, 6.07) is 0. The summed E-state index contributed by atoms with van der Waals surface area (Å²) in [5, 5.41) is 14.7. The molecule has 3 fully saturated rings. The molecule has 18 heteroatoms. The van der Waals surface area contributed by atoms with Crippen LogP contribution in [0.1, 0.15) is 32.6 Å². The van der Waals surface area contributed by atoms with Gasteiger partial charge in [-0.2, -0.15) is 52.7 Å². The Bertz CT molecular complexity index is 824. The van der Waals surface area contributed by atoms with Crippen LogP contribution in [0.3, 0.4) is 0 Å². The Morgan fingerprint density at radius 3 is 1.43 bits per heavy atom. The van der Waals surface area contributed by atoms with Crippen LogP contribution in [-0.4, -0.2) is 62.2 Å². The SMILES string of the molecule is CC(I)(C(=O)OC(C1CCC(C(O)(C(F)(F)F)C(F)(F)F)CC1)(C(F)(F)F)C(F)(F)F)C12NC1N2. The molecule has 0 radical (unpaired) electrons. The normalized spacial score (nSPS) is 31.9. The van der Waals surface area contributed by atoms with Crippen molar-refractivity contribution < 1.29 is 67.3 Å². The lowest BCUT2D eigenvalue weighted by molar-refractivity contribution is -0.399. The predicted octanol–water partition coefficient (Wildman–Crippen LogP) is 4.48. The van der Waals surface area contributed by atoms with E-state index in [4.69, 9.17) is 0 Å². The standard InChI is InChI=1S/C17H17F12IN2O3/c1-10(30,13-8(31-13)32-13)9(33)35-12(16(24,25)26,17(27,28)29)7-4-2-6(3-5-7)11(34,14(18,19)20)15(21,22)23/h6-8,31-32,34H,2-5H2,1H3. The monoisotopic (exact) mass is 652 g/mol. The molecule has 2 heterocycles. The number of carbonyl (C=O) groups is 1. The fraction of sp³-hybridized carbons (Fsp3) is 0.941. The zero-order valence-electron chi connectivity index (χ0n) is 17.2. The van der Waals surface area contributed by atoms with Crippen LogP contribution in [0.2, 0.25) is 0 Å². The highest BCUT2D eigenvalue weighted by Gasteiger charge is 2.83. The number of nitrogens with one attached hydrogen (secondary N) is 2. The molecule has 0 spiro atoms. The molecule has 1 atom stereocenters. The quantitative estimate of drug-likeness (QED) is 0.134. The van der Waals surface area contributed by atoms with Gasteiger partial charge in [0.15, 0.2) is 3.42 Å². The third-order valence-corrected chi connectivity index (χ3v) is 8.28. The smallest absolute Gasteiger partial charge is 0.437 e. The lowest BCUT2D eigenvalue weighted by Gasteiger charge is -2.47. The van der Waals surface area contributed by atoms with Crippen LogP contribution in [-0.2, 0) is 9.53 Å². The van der Waals surface area contributed by atoms with Crippen LogP contribution in [0.5, 0.6) is 0 Å². The van der Waals surface area contributed by atoms with Crippen molar-refractivity contribution in [2.45, 2.75) is 83.8 Å². The van der Waals surface area contributed by atoms with Crippen LogP contribution in [0, 0.1) is 11.8 Å². The van der Waals surface area contributed by atoms with Crippen LogP contribution in [0.25, 0.3) is 0 Å². The molecule has 3 rings (SSSR count). The van der Waals surface area contributed by atoms with E-state index < -0.39 is 94.6 Å². The summed E-state index contributed by atoms with van der Waals surface area (Å²) in [4.78, 5) is 12.6. The van der Waals surface area contributed by atoms with E-state index >= 15 is 0 Å². The van der Waals surface area contributed by atoms with Crippen LogP contribution >= 0.6 is 22.6 Å². The van der Waals surface area contributed by atoms with Gasteiger partial charge in [0, 0.05) is 11.8 Å². The third-order valence-electron chi connectivity index (χ3n) is 6.99. The van der Waals surface area contributed by atoms with Gasteiger partial charge < -0.3 is 9.84 Å². The Labute approximate surface area is 202 Å². The second-order valence-corrected chi connectivity index (χ2v) is 11.1. The maximum atomic E-state index is 14.0. The maximum absolute atomic E-state index is 14.0. The summed E-state index contributed by atoms with van der Waals surface area (Å²) >= 11 is 1.29. The van der Waals surface area contributed by atoms with Gasteiger partial charge in [-0.25, -0.2) is 0 Å². The fourth-order valence-electron chi connectivity index (χ4n) is 4.68. The van der Waals surface area contributed by atoms with Crippen molar-refractivity contribution in [3.63, 3.8) is 0 Å². The molecule has 2 aliphatic heterocycles. The van der Waals surface area contributed by atoms with E-state index in [9.17, 15) is 62.6 Å². The van der Waals surface area contributed by atoms with E-state index in [1.165, 1.54) is 22.6 Å². The van der Waals surface area contributed by atoms with Crippen molar-refractivity contribution in [1.29, 1.82) is 0 Å². The molecule has 1 aliphatic carbocycles. The highest BCUT2D eigenvalue weighted by Crippen LogP contribution is 2.59. The average Bonchev–Trinajstić information content (AvgIpc) is 3.52. The number of halogens is 13. The maximum Gasteiger partial charge on any atom is 0.437 e. The van der Waals surface area contributed by atoms with Crippen molar-refractivity contribution >= 4 is 28.6 Å². The lowest BCUT2D eigenvalue weighted by Crippen LogP contribution is -2.67. The number of alkyl halides is 13. The second-order valence-electron chi connectivity index (χ2n) is 8.96. The molecule has 3 aliphatic rings. The summed E-state index contributed by atoms with van der Waals surface area (Å²) in [5.74, 6) is -7.46. The van der Waals surface area contributed by atoms with Gasteiger partial charge >= 0.3 is 36.3 Å². The molecule has 2 saturated heterocycles. The Balaban J connectivity index is 1.94. The Hall–Kier alpha value is -0.760. The van der Waals surface area contributed by atoms with Gasteiger partial charge in [0.2, 0.25) is 0 Å². The van der Waals surface area contributed by atoms with Crippen molar-refractivity contribution in [3.05, 3.63) is 0 Å². The summed E-state index contributed by atoms with van der Waals surface area (Å²) in [5.41, 5.74) is -11.8. The van der Waals surface area contributed by atoms with Crippen LogP contribution in [0.4, 0.5) is 52.7 Å². The molecule has 0 aromatic carbocycles. The molecular formula is C17H17F12IN2O3. The van der Waals surface area contributed by atoms with Gasteiger partial charge in [-0.1, -0.05) is 22.6 Å². The minimum Gasteiger partial charge on any atom is -0.438 e. The van der Waals surface area contributed by atoms with E-state index in [1.807, 2.05) is 0 Å². The fourth-order valence-corrected chi connectivity index (χ4v) is 5.41. The highest BCUT2D eigenvalue weighted by atomic mass is 127. The number of ether oxygens (including phenoxy) is 1. The summed E-state index contributed by atoms with van der Waals surface area (Å²) in [6.45, 7) is 1.00. The number of rotatable bonds is 5. The number of hydrogen-bond donors (Lipinski definition) is 3. The first-order valence-corrected chi connectivity index (χ1v) is 10.9. The second kappa shape index (κ2) is 7.87. The van der Waals surface area contributed by atoms with E-state index in [1.54, 1.807) is 0 Å². The van der Waals surface area contributed by atoms with E-state index in [0.29, 0.717) is 0 Å². The van der Waals surface area contributed by atoms with Gasteiger partial charge in [-0.15, -0.1) is 0 Å². The summed E-state index contributed by atoms with van der Waals surface area (Å²) in [6.07, 6.45) is -31.8. The first-order valence-electron chi connectivity index (χ1n) is 9.87. The molecule has 204 valence electrons. The molecular weight excluding hydrogens is 635 g/mol. The first kappa shape index (κ1) is 28.8. The van der Waals surface area contributed by atoms with Gasteiger partial charge in [0.1, 0.15) is 5.66 Å². The largest absolute Gasteiger partial charge is 0.438 e. The van der Waals surface area contributed by atoms with Gasteiger partial charge in [-0.3, -0.25) is 15.4 Å². The third kappa shape index (κ3) is 4.07. The number of carbonyl (C=O) groups excluding carboxylic acids is 1. The van der Waals surface area contributed by atoms with Gasteiger partial charge in [0.05, 0.1) is 6.17 Å². The van der Waals surface area contributed by atoms with Crippen LogP contribution < -0.4 is 10.6 Å². The zero-order valence-corrected chi connectivity index (χ0v) is 19.4. The molecule has 1 saturated carbocycles. The van der Waals surface area contributed by atoms with E-state index in [2.05, 4.69) is 15.4 Å². The number of esters is 1. The Kier molecular flexibility index (Phi) is 6.48. The van der Waals surface area contributed by atoms with Crippen LogP contribution in [0.15, 0.2) is 0 Å². The number of hydrogen-bond acceptors (Lipinski definition) is 5. The molecule has 0 bridgehead atoms. The van der Waals surface area contributed by atoms with Crippen molar-refractivity contribution in [3.8, 4) is 0 Å². The predicted molar refractivity (Wildman–Crippen MR) is 98.7 cm³/mol. The minimum absolute atomic E-state index is 0.541. The Morgan fingerprint density at radius 2 is 1.14 bits per heavy atom. The van der Waals surface area contributed by atoms with E-state index in [0.717, 1.165) is 6.92 Å². The number of fused-ring (bicyclic) bond motifs is 1. The minimum atomic E-state index is -6.32.